The Hall–Kier alpha value is -3.12. The second-order valence-electron chi connectivity index (χ2n) is 6.12. The van der Waals surface area contributed by atoms with E-state index in [2.05, 4.69) is 5.32 Å². The van der Waals surface area contributed by atoms with E-state index in [1.165, 1.54) is 6.92 Å². The van der Waals surface area contributed by atoms with Gasteiger partial charge in [-0.3, -0.25) is 9.59 Å². The largest absolute Gasteiger partial charge is 0.463 e. The summed E-state index contributed by atoms with van der Waals surface area (Å²) in [6.07, 6.45) is 3.24. The van der Waals surface area contributed by atoms with Gasteiger partial charge in [0.1, 0.15) is 13.1 Å². The number of carbonyl (C=O) groups excluding carboxylic acids is 2. The highest BCUT2D eigenvalue weighted by Gasteiger charge is 2.18. The van der Waals surface area contributed by atoms with Gasteiger partial charge >= 0.3 is 0 Å². The molecule has 0 saturated carbocycles. The van der Waals surface area contributed by atoms with Crippen LogP contribution in [0.3, 0.4) is 0 Å². The molecule has 0 fully saturated rings. The average Bonchev–Trinajstić information content (AvgIpc) is 3.29. The summed E-state index contributed by atoms with van der Waals surface area (Å²) in [6, 6.07) is 14.3. The smallest absolute Gasteiger partial charge is 0.279 e. The molecule has 0 radical (unpaired) electrons. The van der Waals surface area contributed by atoms with Crippen LogP contribution in [0, 0.1) is 0 Å². The number of nitrogens with one attached hydrogen (secondary N) is 2. The van der Waals surface area contributed by atoms with Gasteiger partial charge in [0.05, 0.1) is 12.5 Å². The fourth-order valence-corrected chi connectivity index (χ4v) is 2.75. The maximum atomic E-state index is 12.5. The molecule has 2 heterocycles. The van der Waals surface area contributed by atoms with Gasteiger partial charge in [0.2, 0.25) is 0 Å². The monoisotopic (exact) mass is 353 g/mol. The van der Waals surface area contributed by atoms with Crippen molar-refractivity contribution in [2.45, 2.75) is 20.0 Å². The van der Waals surface area contributed by atoms with Crippen LogP contribution in [0.5, 0.6) is 0 Å². The number of hydrogen-bond donors (Lipinski definition) is 2. The van der Waals surface area contributed by atoms with Crippen molar-refractivity contribution in [1.29, 1.82) is 0 Å². The van der Waals surface area contributed by atoms with Crippen LogP contribution in [0.1, 0.15) is 28.8 Å². The molecule has 2 aromatic heterocycles. The molecule has 0 unspecified atom stereocenters. The summed E-state index contributed by atoms with van der Waals surface area (Å²) in [7, 11) is 0. The average molecular weight is 353 g/mol. The van der Waals surface area contributed by atoms with Gasteiger partial charge in [-0.2, -0.15) is 0 Å². The van der Waals surface area contributed by atoms with E-state index >= 15 is 0 Å². The van der Waals surface area contributed by atoms with Crippen molar-refractivity contribution in [3.05, 3.63) is 78.1 Å². The fraction of sp³-hybridized carbons (Fsp3) is 0.200. The molecule has 6 heteroatoms. The van der Waals surface area contributed by atoms with Crippen LogP contribution in [-0.2, 0) is 17.9 Å². The predicted octanol–water partition coefficient (Wildman–Crippen LogP) is 2.30. The lowest BCUT2D eigenvalue weighted by atomic mass is 10.1. The number of carbonyl (C=O) groups is 2. The van der Waals surface area contributed by atoms with E-state index in [1.807, 2.05) is 24.3 Å². The first-order chi connectivity index (χ1) is 12.6. The molecule has 0 spiro atoms. The lowest BCUT2D eigenvalue weighted by Crippen LogP contribution is -3.10. The molecule has 3 aromatic rings. The van der Waals surface area contributed by atoms with Crippen LogP contribution in [0.25, 0.3) is 0 Å². The van der Waals surface area contributed by atoms with Crippen LogP contribution in [0.4, 0.5) is 5.69 Å². The topological polar surface area (TPSA) is 76.9 Å². The van der Waals surface area contributed by atoms with Crippen molar-refractivity contribution in [1.82, 2.24) is 0 Å². The number of rotatable bonds is 8. The minimum atomic E-state index is -0.140. The van der Waals surface area contributed by atoms with Crippen LogP contribution in [-0.4, -0.2) is 18.2 Å². The number of quaternary nitrogens is 1. The summed E-state index contributed by atoms with van der Waals surface area (Å²) in [4.78, 5) is 24.9. The number of hydrogen-bond acceptors (Lipinski definition) is 4. The molecule has 2 N–H and O–H groups in total. The van der Waals surface area contributed by atoms with Gasteiger partial charge in [-0.15, -0.1) is 0 Å². The summed E-state index contributed by atoms with van der Waals surface area (Å²) in [6.45, 7) is 2.87. The van der Waals surface area contributed by atoms with Gasteiger partial charge in [-0.25, -0.2) is 0 Å². The highest BCUT2D eigenvalue weighted by atomic mass is 16.3. The minimum absolute atomic E-state index is 0.0380. The third-order valence-electron chi connectivity index (χ3n) is 3.97. The Morgan fingerprint density at radius 3 is 2.15 bits per heavy atom. The summed E-state index contributed by atoms with van der Waals surface area (Å²) in [5, 5.41) is 2.85. The van der Waals surface area contributed by atoms with E-state index in [4.69, 9.17) is 8.83 Å². The van der Waals surface area contributed by atoms with E-state index < -0.39 is 0 Å². The normalized spacial score (nSPS) is 10.8. The lowest BCUT2D eigenvalue weighted by Gasteiger charge is -2.17. The highest BCUT2D eigenvalue weighted by molar-refractivity contribution is 5.97. The Balaban J connectivity index is 1.66. The van der Waals surface area contributed by atoms with Gasteiger partial charge < -0.3 is 19.1 Å². The van der Waals surface area contributed by atoms with Crippen molar-refractivity contribution in [2.24, 2.45) is 0 Å². The molecule has 0 saturated heterocycles. The molecule has 26 heavy (non-hydrogen) atoms. The molecular formula is C20H21N2O4+. The molecular weight excluding hydrogens is 332 g/mol. The highest BCUT2D eigenvalue weighted by Crippen LogP contribution is 2.10. The molecule has 1 aromatic carbocycles. The van der Waals surface area contributed by atoms with Gasteiger partial charge in [-0.05, 0) is 43.3 Å². The van der Waals surface area contributed by atoms with Gasteiger partial charge in [0.25, 0.3) is 5.91 Å². The predicted molar refractivity (Wildman–Crippen MR) is 95.7 cm³/mol. The van der Waals surface area contributed by atoms with E-state index in [0.29, 0.717) is 24.3 Å². The Morgan fingerprint density at radius 2 is 1.62 bits per heavy atom. The Kier molecular flexibility index (Phi) is 5.66. The Bertz CT molecular complexity index is 818. The molecule has 0 bridgehead atoms. The Labute approximate surface area is 151 Å². The molecule has 6 nitrogen and oxygen atoms in total. The molecule has 0 aliphatic heterocycles. The van der Waals surface area contributed by atoms with E-state index in [9.17, 15) is 9.59 Å². The molecule has 3 rings (SSSR count). The molecule has 0 atom stereocenters. The first kappa shape index (κ1) is 17.7. The molecule has 0 aliphatic carbocycles. The van der Waals surface area contributed by atoms with Crippen molar-refractivity contribution < 1.29 is 23.3 Å². The maximum absolute atomic E-state index is 12.5. The van der Waals surface area contributed by atoms with Crippen molar-refractivity contribution >= 4 is 17.4 Å². The zero-order chi connectivity index (χ0) is 18.4. The zero-order valence-corrected chi connectivity index (χ0v) is 14.5. The number of anilines is 1. The van der Waals surface area contributed by atoms with E-state index in [-0.39, 0.29) is 18.2 Å². The second kappa shape index (κ2) is 8.31. The lowest BCUT2D eigenvalue weighted by molar-refractivity contribution is -0.921. The summed E-state index contributed by atoms with van der Waals surface area (Å²) in [5.41, 5.74) is 1.18. The zero-order valence-electron chi connectivity index (χ0n) is 14.5. The van der Waals surface area contributed by atoms with Crippen LogP contribution >= 0.6 is 0 Å². The van der Waals surface area contributed by atoms with Gasteiger partial charge in [-0.1, -0.05) is 12.1 Å². The van der Waals surface area contributed by atoms with Crippen LogP contribution in [0.2, 0.25) is 0 Å². The number of furan rings is 2. The van der Waals surface area contributed by atoms with Crippen molar-refractivity contribution in [3.8, 4) is 0 Å². The Morgan fingerprint density at radius 1 is 0.962 bits per heavy atom. The fourth-order valence-electron chi connectivity index (χ4n) is 2.75. The second-order valence-corrected chi connectivity index (χ2v) is 6.12. The minimum Gasteiger partial charge on any atom is -0.463 e. The quantitative estimate of drug-likeness (QED) is 0.609. The van der Waals surface area contributed by atoms with Gasteiger partial charge in [0.15, 0.2) is 23.8 Å². The molecule has 1 amide bonds. The van der Waals surface area contributed by atoms with Crippen LogP contribution in [0.15, 0.2) is 69.9 Å². The number of ketones is 1. The first-order valence-electron chi connectivity index (χ1n) is 8.39. The molecule has 0 aliphatic rings. The number of Topliss-reactive ketones (excluding diaryl/α,β-unsaturated/α-hetero) is 1. The van der Waals surface area contributed by atoms with Crippen molar-refractivity contribution in [3.63, 3.8) is 0 Å². The third-order valence-corrected chi connectivity index (χ3v) is 3.97. The number of benzene rings is 1. The van der Waals surface area contributed by atoms with Crippen molar-refractivity contribution in [2.75, 3.05) is 11.9 Å². The molecule has 134 valence electrons. The summed E-state index contributed by atoms with van der Waals surface area (Å²) in [5.74, 6) is 1.43. The summed E-state index contributed by atoms with van der Waals surface area (Å²) >= 11 is 0. The number of amides is 1. The summed E-state index contributed by atoms with van der Waals surface area (Å²) < 4.78 is 10.8. The third kappa shape index (κ3) is 4.94. The maximum Gasteiger partial charge on any atom is 0.279 e. The van der Waals surface area contributed by atoms with Crippen LogP contribution < -0.4 is 10.2 Å². The SMILES string of the molecule is CC(=O)c1cccc(NC(=O)C[NH+](Cc2ccco2)Cc2ccco2)c1. The van der Waals surface area contributed by atoms with Gasteiger partial charge in [0, 0.05) is 11.3 Å². The first-order valence-corrected chi connectivity index (χ1v) is 8.39. The van der Waals surface area contributed by atoms with E-state index in [1.54, 1.807) is 36.8 Å². The van der Waals surface area contributed by atoms with E-state index in [0.717, 1.165) is 16.4 Å². The standard InChI is InChI=1S/C20H20N2O4/c1-15(23)16-5-2-6-17(11-16)21-20(24)14-22(12-18-7-3-9-25-18)13-19-8-4-10-26-19/h2-11H,12-14H2,1H3,(H,21,24)/p+1.